The number of nitrogens with two attached hydrogens (primary N) is 1. The Bertz CT molecular complexity index is 460. The summed E-state index contributed by atoms with van der Waals surface area (Å²) in [5, 5.41) is 9.98. The number of hydrogen-bond donors (Lipinski definition) is 2. The fourth-order valence-electron chi connectivity index (χ4n) is 2.89. The highest BCUT2D eigenvalue weighted by atomic mass is 35.5. The van der Waals surface area contributed by atoms with E-state index in [4.69, 9.17) is 22.1 Å². The number of halogens is 1. The normalized spacial score (nSPS) is 16.3. The summed E-state index contributed by atoms with van der Waals surface area (Å²) in [4.78, 5) is 0. The molecule has 1 unspecified atom stereocenters. The molecule has 0 heterocycles. The van der Waals surface area contributed by atoms with Gasteiger partial charge in [-0.15, -0.1) is 0 Å². The molecule has 0 radical (unpaired) electrons. The van der Waals surface area contributed by atoms with Crippen LogP contribution in [0.15, 0.2) is 0 Å². The van der Waals surface area contributed by atoms with Gasteiger partial charge in [-0.05, 0) is 49.3 Å². The van der Waals surface area contributed by atoms with E-state index >= 15 is 0 Å². The smallest absolute Gasteiger partial charge is 0.142 e. The maximum atomic E-state index is 9.30. The van der Waals surface area contributed by atoms with Crippen molar-refractivity contribution in [2.45, 2.75) is 38.6 Å². The molecule has 0 amide bonds. The monoisotopic (exact) mass is 269 g/mol. The predicted octanol–water partition coefficient (Wildman–Crippen LogP) is 2.53. The molecule has 1 aliphatic carbocycles. The number of ether oxygens (including phenoxy) is 1. The largest absolute Gasteiger partial charge is 0.495 e. The van der Waals surface area contributed by atoms with Crippen LogP contribution in [-0.2, 0) is 12.8 Å². The molecule has 0 aliphatic heterocycles. The summed E-state index contributed by atoms with van der Waals surface area (Å²) in [7, 11) is 1.60. The summed E-state index contributed by atoms with van der Waals surface area (Å²) in [6, 6.07) is -0.440. The molecule has 0 aromatic heterocycles. The Morgan fingerprint density at radius 1 is 1.33 bits per heavy atom. The van der Waals surface area contributed by atoms with Gasteiger partial charge in [0.2, 0.25) is 0 Å². The highest BCUT2D eigenvalue weighted by molar-refractivity contribution is 6.33. The average molecular weight is 270 g/mol. The molecule has 1 atom stereocenters. The van der Waals surface area contributed by atoms with Crippen molar-refractivity contribution >= 4 is 11.6 Å². The number of methoxy groups -OCH3 is 1. The fraction of sp³-hybridized carbons (Fsp3) is 0.571. The topological polar surface area (TPSA) is 55.5 Å². The molecule has 2 rings (SSSR count). The maximum Gasteiger partial charge on any atom is 0.142 e. The van der Waals surface area contributed by atoms with Gasteiger partial charge in [0.05, 0.1) is 24.8 Å². The molecule has 0 spiro atoms. The van der Waals surface area contributed by atoms with Crippen LogP contribution in [0.1, 0.15) is 41.1 Å². The van der Waals surface area contributed by atoms with E-state index in [1.807, 2.05) is 6.92 Å². The second-order valence-corrected chi connectivity index (χ2v) is 5.22. The van der Waals surface area contributed by atoms with Crippen LogP contribution in [0.4, 0.5) is 0 Å². The summed E-state index contributed by atoms with van der Waals surface area (Å²) in [5.74, 6) is 0.636. The first-order valence-electron chi connectivity index (χ1n) is 6.35. The zero-order valence-corrected chi connectivity index (χ0v) is 11.7. The van der Waals surface area contributed by atoms with Gasteiger partial charge in [0.1, 0.15) is 5.75 Å². The number of benzene rings is 1. The van der Waals surface area contributed by atoms with Crippen molar-refractivity contribution in [1.29, 1.82) is 0 Å². The van der Waals surface area contributed by atoms with E-state index in [9.17, 15) is 5.11 Å². The molecule has 4 heteroatoms. The van der Waals surface area contributed by atoms with Crippen molar-refractivity contribution < 1.29 is 9.84 Å². The number of hydrogen-bond acceptors (Lipinski definition) is 3. The fourth-order valence-corrected chi connectivity index (χ4v) is 3.27. The van der Waals surface area contributed by atoms with Gasteiger partial charge in [-0.3, -0.25) is 0 Å². The lowest BCUT2D eigenvalue weighted by Crippen LogP contribution is -2.20. The van der Waals surface area contributed by atoms with E-state index in [-0.39, 0.29) is 6.61 Å². The minimum Gasteiger partial charge on any atom is -0.495 e. The van der Waals surface area contributed by atoms with Crippen LogP contribution < -0.4 is 10.5 Å². The molecule has 18 heavy (non-hydrogen) atoms. The molecular weight excluding hydrogens is 250 g/mol. The van der Waals surface area contributed by atoms with E-state index in [1.54, 1.807) is 7.11 Å². The van der Waals surface area contributed by atoms with Gasteiger partial charge in [0.25, 0.3) is 0 Å². The van der Waals surface area contributed by atoms with Crippen molar-refractivity contribution in [3.63, 3.8) is 0 Å². The maximum absolute atomic E-state index is 9.30. The van der Waals surface area contributed by atoms with E-state index < -0.39 is 6.04 Å². The lowest BCUT2D eigenvalue weighted by atomic mass is 9.84. The summed E-state index contributed by atoms with van der Waals surface area (Å²) < 4.78 is 5.42. The SMILES string of the molecule is COc1c(Cl)c2c(c(C)c1C(N)CO)CCCC2. The van der Waals surface area contributed by atoms with Crippen LogP contribution in [0.3, 0.4) is 0 Å². The van der Waals surface area contributed by atoms with Crippen molar-refractivity contribution in [2.75, 3.05) is 13.7 Å². The molecule has 0 fully saturated rings. The Morgan fingerprint density at radius 3 is 2.50 bits per heavy atom. The number of aliphatic hydroxyl groups excluding tert-OH is 1. The van der Waals surface area contributed by atoms with Crippen LogP contribution in [0, 0.1) is 6.92 Å². The van der Waals surface area contributed by atoms with Gasteiger partial charge in [0.15, 0.2) is 0 Å². The van der Waals surface area contributed by atoms with E-state index in [0.717, 1.165) is 24.0 Å². The van der Waals surface area contributed by atoms with Crippen molar-refractivity contribution in [3.8, 4) is 5.75 Å². The van der Waals surface area contributed by atoms with Crippen LogP contribution >= 0.6 is 11.6 Å². The zero-order chi connectivity index (χ0) is 13.3. The van der Waals surface area contributed by atoms with E-state index in [0.29, 0.717) is 10.8 Å². The molecular formula is C14H20ClNO2. The third-order valence-corrected chi connectivity index (χ3v) is 4.20. The van der Waals surface area contributed by atoms with Gasteiger partial charge < -0.3 is 15.6 Å². The molecule has 100 valence electrons. The Hall–Kier alpha value is -0.770. The Kier molecular flexibility index (Phi) is 4.15. The van der Waals surface area contributed by atoms with E-state index in [1.165, 1.54) is 24.0 Å². The molecule has 1 aliphatic rings. The van der Waals surface area contributed by atoms with Gasteiger partial charge in [-0.1, -0.05) is 11.6 Å². The zero-order valence-electron chi connectivity index (χ0n) is 10.9. The summed E-state index contributed by atoms with van der Waals surface area (Å²) in [6.45, 7) is 1.94. The van der Waals surface area contributed by atoms with Crippen LogP contribution in [0.2, 0.25) is 5.02 Å². The molecule has 1 aromatic carbocycles. The second-order valence-electron chi connectivity index (χ2n) is 4.84. The summed E-state index contributed by atoms with van der Waals surface area (Å²) >= 11 is 6.44. The number of rotatable bonds is 3. The Labute approximate surface area is 113 Å². The van der Waals surface area contributed by atoms with Crippen molar-refractivity contribution in [2.24, 2.45) is 5.73 Å². The van der Waals surface area contributed by atoms with E-state index in [2.05, 4.69) is 0 Å². The standard InChI is InChI=1S/C14H20ClNO2/c1-8-9-5-3-4-6-10(9)13(15)14(18-2)12(8)11(16)7-17/h11,17H,3-7,16H2,1-2H3. The summed E-state index contributed by atoms with van der Waals surface area (Å²) in [5.41, 5.74) is 10.5. The minimum atomic E-state index is -0.440. The number of fused-ring (bicyclic) bond motifs is 1. The quantitative estimate of drug-likeness (QED) is 0.887. The molecule has 0 bridgehead atoms. The molecule has 1 aromatic rings. The van der Waals surface area contributed by atoms with Crippen molar-refractivity contribution in [3.05, 3.63) is 27.3 Å². The lowest BCUT2D eigenvalue weighted by molar-refractivity contribution is 0.264. The van der Waals surface area contributed by atoms with Crippen LogP contribution in [0.5, 0.6) is 5.75 Å². The third-order valence-electron chi connectivity index (χ3n) is 3.81. The van der Waals surface area contributed by atoms with Gasteiger partial charge >= 0.3 is 0 Å². The molecule has 3 N–H and O–H groups in total. The lowest BCUT2D eigenvalue weighted by Gasteiger charge is -2.26. The van der Waals surface area contributed by atoms with Gasteiger partial charge in [-0.25, -0.2) is 0 Å². The first kappa shape index (κ1) is 13.7. The highest BCUT2D eigenvalue weighted by Crippen LogP contribution is 2.42. The molecule has 3 nitrogen and oxygen atoms in total. The van der Waals surface area contributed by atoms with Crippen LogP contribution in [-0.4, -0.2) is 18.8 Å². The Balaban J connectivity index is 2.68. The summed E-state index contributed by atoms with van der Waals surface area (Å²) in [6.07, 6.45) is 4.39. The first-order valence-corrected chi connectivity index (χ1v) is 6.73. The van der Waals surface area contributed by atoms with Gasteiger partial charge in [0, 0.05) is 5.56 Å². The molecule has 0 saturated heterocycles. The van der Waals surface area contributed by atoms with Gasteiger partial charge in [-0.2, -0.15) is 0 Å². The minimum absolute atomic E-state index is 0.105. The highest BCUT2D eigenvalue weighted by Gasteiger charge is 2.25. The number of aliphatic hydroxyl groups is 1. The van der Waals surface area contributed by atoms with Crippen LogP contribution in [0.25, 0.3) is 0 Å². The Morgan fingerprint density at radius 2 is 1.94 bits per heavy atom. The second kappa shape index (κ2) is 5.47. The van der Waals surface area contributed by atoms with Crippen molar-refractivity contribution in [1.82, 2.24) is 0 Å². The third kappa shape index (κ3) is 2.11. The first-order chi connectivity index (χ1) is 8.61. The predicted molar refractivity (Wildman–Crippen MR) is 73.4 cm³/mol. The molecule has 0 saturated carbocycles. The average Bonchev–Trinajstić information content (AvgIpc) is 2.41.